The second kappa shape index (κ2) is 4.03. The minimum atomic E-state index is -0.929. The Morgan fingerprint density at radius 2 is 2.31 bits per heavy atom. The van der Waals surface area contributed by atoms with Crippen molar-refractivity contribution >= 4 is 6.29 Å². The van der Waals surface area contributed by atoms with Gasteiger partial charge in [-0.2, -0.15) is 0 Å². The van der Waals surface area contributed by atoms with Crippen molar-refractivity contribution in [2.45, 2.75) is 24.9 Å². The van der Waals surface area contributed by atoms with Crippen molar-refractivity contribution < 1.29 is 14.6 Å². The molecular weight excluding hydrogens is 216 g/mol. The summed E-state index contributed by atoms with van der Waals surface area (Å²) in [5.41, 5.74) is -1.14. The van der Waals surface area contributed by atoms with Gasteiger partial charge in [0.2, 0.25) is 0 Å². The van der Waals surface area contributed by atoms with Crippen molar-refractivity contribution in [2.24, 2.45) is 0 Å². The van der Waals surface area contributed by atoms with E-state index in [1.54, 1.807) is 0 Å². The zero-order chi connectivity index (χ0) is 11.7. The molecule has 1 aliphatic rings. The lowest BCUT2D eigenvalue weighted by atomic mass is 10.2. The molecule has 7 heteroatoms. The maximum Gasteiger partial charge on any atom is 0.330 e. The van der Waals surface area contributed by atoms with Crippen molar-refractivity contribution in [3.8, 4) is 0 Å². The van der Waals surface area contributed by atoms with Crippen LogP contribution in [0.1, 0.15) is 12.6 Å². The van der Waals surface area contributed by atoms with E-state index in [0.29, 0.717) is 6.29 Å². The summed E-state index contributed by atoms with van der Waals surface area (Å²) in [6, 6.07) is 1.17. The van der Waals surface area contributed by atoms with Crippen LogP contribution >= 0.6 is 0 Å². The predicted octanol–water partition coefficient (Wildman–Crippen LogP) is -1.62. The third kappa shape index (κ3) is 1.82. The lowest BCUT2D eigenvalue weighted by molar-refractivity contribution is -0.122. The zero-order valence-electron chi connectivity index (χ0n) is 8.20. The number of aldehydes is 1. The van der Waals surface area contributed by atoms with Crippen molar-refractivity contribution in [1.82, 2.24) is 9.55 Å². The van der Waals surface area contributed by atoms with Gasteiger partial charge in [-0.15, -0.1) is 0 Å². The van der Waals surface area contributed by atoms with Crippen LogP contribution in [0.3, 0.4) is 0 Å². The maximum atomic E-state index is 11.4. The highest BCUT2D eigenvalue weighted by atomic mass is 16.5. The molecule has 86 valence electrons. The van der Waals surface area contributed by atoms with Gasteiger partial charge in [0.15, 0.2) is 6.29 Å². The zero-order valence-corrected chi connectivity index (χ0v) is 8.20. The minimum absolute atomic E-state index is 0.134. The normalized spacial score (nSPS) is 29.2. The molecule has 0 aliphatic carbocycles. The van der Waals surface area contributed by atoms with Crippen LogP contribution in [0.2, 0.25) is 0 Å². The maximum absolute atomic E-state index is 11.4. The number of nitrogens with zero attached hydrogens (tertiary/aromatic N) is 1. The molecule has 7 nitrogen and oxygen atoms in total. The number of carbonyl (C=O) groups is 1. The Morgan fingerprint density at radius 3 is 2.88 bits per heavy atom. The monoisotopic (exact) mass is 226 g/mol. The minimum Gasteiger partial charge on any atom is -0.390 e. The predicted molar refractivity (Wildman–Crippen MR) is 51.9 cm³/mol. The van der Waals surface area contributed by atoms with Crippen LogP contribution in [0.15, 0.2) is 21.9 Å². The molecule has 1 saturated heterocycles. The number of aromatic nitrogens is 2. The molecule has 0 spiro atoms. The second-order valence-corrected chi connectivity index (χ2v) is 3.51. The van der Waals surface area contributed by atoms with E-state index in [1.807, 2.05) is 0 Å². The highest BCUT2D eigenvalue weighted by Crippen LogP contribution is 2.25. The fourth-order valence-electron chi connectivity index (χ4n) is 1.62. The van der Waals surface area contributed by atoms with E-state index in [0.717, 1.165) is 4.57 Å². The molecule has 0 aromatic carbocycles. The molecule has 1 aliphatic heterocycles. The highest BCUT2D eigenvalue weighted by Gasteiger charge is 2.34. The van der Waals surface area contributed by atoms with Gasteiger partial charge in [-0.1, -0.05) is 0 Å². The van der Waals surface area contributed by atoms with Gasteiger partial charge in [-0.3, -0.25) is 14.3 Å². The Bertz CT molecular complexity index is 505. The van der Waals surface area contributed by atoms with Crippen molar-refractivity contribution in [2.75, 3.05) is 0 Å². The van der Waals surface area contributed by atoms with E-state index in [1.165, 1.54) is 12.3 Å². The van der Waals surface area contributed by atoms with Crippen molar-refractivity contribution in [3.05, 3.63) is 33.1 Å². The number of aliphatic hydroxyl groups is 1. The number of aliphatic hydroxyl groups excluding tert-OH is 1. The largest absolute Gasteiger partial charge is 0.390 e. The number of hydrogen-bond acceptors (Lipinski definition) is 5. The molecule has 1 aromatic rings. The molecule has 1 fully saturated rings. The van der Waals surface area contributed by atoms with Crippen LogP contribution in [-0.2, 0) is 9.53 Å². The number of rotatable bonds is 2. The molecule has 0 saturated carbocycles. The molecule has 3 unspecified atom stereocenters. The van der Waals surface area contributed by atoms with E-state index in [4.69, 9.17) is 4.74 Å². The van der Waals surface area contributed by atoms with E-state index in [2.05, 4.69) is 4.98 Å². The molecule has 0 bridgehead atoms. The van der Waals surface area contributed by atoms with Gasteiger partial charge in [0, 0.05) is 18.7 Å². The standard InChI is InChI=1S/C9H10N2O5/c12-4-6-5(13)3-8(16-6)11-2-1-7(14)10-9(11)15/h1-2,4-6,8,13H,3H2,(H,10,14,15). The summed E-state index contributed by atoms with van der Waals surface area (Å²) < 4.78 is 6.29. The molecule has 1 aromatic heterocycles. The van der Waals surface area contributed by atoms with Gasteiger partial charge < -0.3 is 14.6 Å². The first-order valence-electron chi connectivity index (χ1n) is 4.72. The molecular formula is C9H10N2O5. The Labute approximate surface area is 89.3 Å². The fraction of sp³-hybridized carbons (Fsp3) is 0.444. The van der Waals surface area contributed by atoms with Gasteiger partial charge in [0.25, 0.3) is 5.56 Å². The lowest BCUT2D eigenvalue weighted by Gasteiger charge is -2.12. The van der Waals surface area contributed by atoms with Crippen LogP contribution in [0.5, 0.6) is 0 Å². The van der Waals surface area contributed by atoms with Crippen LogP contribution in [0.25, 0.3) is 0 Å². The van der Waals surface area contributed by atoms with Gasteiger partial charge in [0.05, 0.1) is 6.10 Å². The van der Waals surface area contributed by atoms with Gasteiger partial charge in [-0.05, 0) is 0 Å². The lowest BCUT2D eigenvalue weighted by Crippen LogP contribution is -2.31. The number of ether oxygens (including phenoxy) is 1. The quantitative estimate of drug-likeness (QED) is 0.590. The Hall–Kier alpha value is -1.73. The Morgan fingerprint density at radius 1 is 1.56 bits per heavy atom. The first-order chi connectivity index (χ1) is 7.61. The summed E-state index contributed by atoms with van der Waals surface area (Å²) in [7, 11) is 0. The second-order valence-electron chi connectivity index (χ2n) is 3.51. The topological polar surface area (TPSA) is 101 Å². The van der Waals surface area contributed by atoms with E-state index in [-0.39, 0.29) is 6.42 Å². The van der Waals surface area contributed by atoms with Crippen LogP contribution in [0, 0.1) is 0 Å². The van der Waals surface area contributed by atoms with Gasteiger partial charge in [-0.25, -0.2) is 4.79 Å². The van der Waals surface area contributed by atoms with Crippen LogP contribution in [0.4, 0.5) is 0 Å². The molecule has 2 heterocycles. The molecule has 2 rings (SSSR count). The van der Waals surface area contributed by atoms with Crippen molar-refractivity contribution in [3.63, 3.8) is 0 Å². The number of nitrogens with one attached hydrogen (secondary N) is 1. The smallest absolute Gasteiger partial charge is 0.330 e. The van der Waals surface area contributed by atoms with Gasteiger partial charge in [0.1, 0.15) is 12.3 Å². The Balaban J connectivity index is 2.30. The number of carbonyl (C=O) groups excluding carboxylic acids is 1. The molecule has 2 N–H and O–H groups in total. The number of hydrogen-bond donors (Lipinski definition) is 2. The summed E-state index contributed by atoms with van der Waals surface area (Å²) in [6.45, 7) is 0. The van der Waals surface area contributed by atoms with E-state index >= 15 is 0 Å². The first-order valence-corrected chi connectivity index (χ1v) is 4.72. The number of H-pyrrole nitrogens is 1. The molecule has 0 radical (unpaired) electrons. The highest BCUT2D eigenvalue weighted by molar-refractivity contribution is 5.57. The first kappa shape index (κ1) is 10.8. The Kier molecular flexibility index (Phi) is 2.71. The summed E-state index contributed by atoms with van der Waals surface area (Å²) >= 11 is 0. The molecule has 3 atom stereocenters. The SMILES string of the molecule is O=CC1OC(n2ccc(=O)[nH]c2=O)CC1O. The average molecular weight is 226 g/mol. The molecule has 16 heavy (non-hydrogen) atoms. The van der Waals surface area contributed by atoms with E-state index in [9.17, 15) is 19.5 Å². The fourth-order valence-corrected chi connectivity index (χ4v) is 1.62. The third-order valence-electron chi connectivity index (χ3n) is 2.43. The molecule has 0 amide bonds. The van der Waals surface area contributed by atoms with Gasteiger partial charge >= 0.3 is 5.69 Å². The average Bonchev–Trinajstić information content (AvgIpc) is 2.59. The summed E-state index contributed by atoms with van der Waals surface area (Å²) in [5.74, 6) is 0. The summed E-state index contributed by atoms with van der Waals surface area (Å²) in [5, 5.41) is 9.42. The summed E-state index contributed by atoms with van der Waals surface area (Å²) in [6.07, 6.45) is -0.692. The third-order valence-corrected chi connectivity index (χ3v) is 2.43. The summed E-state index contributed by atoms with van der Waals surface area (Å²) in [4.78, 5) is 34.8. The van der Waals surface area contributed by atoms with Crippen LogP contribution in [-0.4, -0.2) is 33.2 Å². The number of aromatic amines is 1. The van der Waals surface area contributed by atoms with Crippen LogP contribution < -0.4 is 11.2 Å². The van der Waals surface area contributed by atoms with E-state index < -0.39 is 29.7 Å². The van der Waals surface area contributed by atoms with Crippen molar-refractivity contribution in [1.29, 1.82) is 0 Å².